The van der Waals surface area contributed by atoms with Gasteiger partial charge in [-0.05, 0) is 26.7 Å². The molecule has 0 amide bonds. The molecule has 1 aromatic heterocycles. The SMILES string of the molecule is CCOC1(C(N)Cc2ncnn2CC)CCCCCC1. The van der Waals surface area contributed by atoms with Gasteiger partial charge >= 0.3 is 0 Å². The normalized spacial score (nSPS) is 20.6. The van der Waals surface area contributed by atoms with E-state index < -0.39 is 0 Å². The van der Waals surface area contributed by atoms with Crippen molar-refractivity contribution >= 4 is 0 Å². The fraction of sp³-hybridized carbons (Fsp3) is 0.867. The van der Waals surface area contributed by atoms with Crippen LogP contribution in [0.25, 0.3) is 0 Å². The predicted octanol–water partition coefficient (Wildman–Crippen LogP) is 2.30. The van der Waals surface area contributed by atoms with Gasteiger partial charge in [-0.25, -0.2) is 4.98 Å². The van der Waals surface area contributed by atoms with Crippen LogP contribution in [0, 0.1) is 0 Å². The van der Waals surface area contributed by atoms with E-state index in [0.717, 1.165) is 38.2 Å². The van der Waals surface area contributed by atoms with Crippen LogP contribution in [-0.4, -0.2) is 33.0 Å². The topological polar surface area (TPSA) is 66.0 Å². The number of hydrogen-bond donors (Lipinski definition) is 1. The second-order valence-corrected chi connectivity index (χ2v) is 5.71. The molecule has 1 aliphatic rings. The molecular formula is C15H28N4O. The third-order valence-electron chi connectivity index (χ3n) is 4.46. The van der Waals surface area contributed by atoms with Crippen molar-refractivity contribution in [2.24, 2.45) is 5.73 Å². The highest BCUT2D eigenvalue weighted by atomic mass is 16.5. The van der Waals surface area contributed by atoms with Crippen molar-refractivity contribution < 1.29 is 4.74 Å². The number of nitrogens with two attached hydrogens (primary N) is 1. The van der Waals surface area contributed by atoms with E-state index in [4.69, 9.17) is 10.5 Å². The van der Waals surface area contributed by atoms with Gasteiger partial charge in [-0.15, -0.1) is 0 Å². The molecule has 0 bridgehead atoms. The van der Waals surface area contributed by atoms with Gasteiger partial charge in [0.2, 0.25) is 0 Å². The molecule has 1 fully saturated rings. The van der Waals surface area contributed by atoms with Crippen LogP contribution >= 0.6 is 0 Å². The summed E-state index contributed by atoms with van der Waals surface area (Å²) in [6.45, 7) is 5.71. The zero-order chi connectivity index (χ0) is 14.4. The standard InChI is InChI=1S/C15H28N4O/c1-3-19-14(17-12-18-19)11-13(16)15(20-4-2)9-7-5-6-8-10-15/h12-13H,3-11,16H2,1-2H3. The number of aromatic nitrogens is 3. The number of aryl methyl sites for hydroxylation is 1. The molecule has 1 saturated carbocycles. The molecule has 2 N–H and O–H groups in total. The van der Waals surface area contributed by atoms with Crippen LogP contribution in [0.15, 0.2) is 6.33 Å². The van der Waals surface area contributed by atoms with Crippen LogP contribution in [0.1, 0.15) is 58.2 Å². The first-order valence-corrected chi connectivity index (χ1v) is 7.98. The van der Waals surface area contributed by atoms with Crippen LogP contribution < -0.4 is 5.73 Å². The molecule has 1 aromatic rings. The van der Waals surface area contributed by atoms with Crippen molar-refractivity contribution in [3.05, 3.63) is 12.2 Å². The van der Waals surface area contributed by atoms with Crippen molar-refractivity contribution in [2.45, 2.75) is 77.0 Å². The van der Waals surface area contributed by atoms with Gasteiger partial charge in [0.1, 0.15) is 12.2 Å². The minimum absolute atomic E-state index is 0.00458. The minimum atomic E-state index is -0.171. The van der Waals surface area contributed by atoms with Gasteiger partial charge in [0.05, 0.1) is 5.60 Å². The van der Waals surface area contributed by atoms with Gasteiger partial charge in [-0.1, -0.05) is 25.7 Å². The van der Waals surface area contributed by atoms with E-state index in [-0.39, 0.29) is 11.6 Å². The summed E-state index contributed by atoms with van der Waals surface area (Å²) >= 11 is 0. The molecule has 0 aliphatic heterocycles. The molecule has 1 aliphatic carbocycles. The molecule has 1 heterocycles. The van der Waals surface area contributed by atoms with E-state index >= 15 is 0 Å². The maximum Gasteiger partial charge on any atom is 0.138 e. The Morgan fingerprint density at radius 3 is 2.60 bits per heavy atom. The summed E-state index contributed by atoms with van der Waals surface area (Å²) in [5.74, 6) is 0.975. The Morgan fingerprint density at radius 2 is 2.00 bits per heavy atom. The molecule has 1 unspecified atom stereocenters. The zero-order valence-corrected chi connectivity index (χ0v) is 12.8. The molecule has 0 saturated heterocycles. The maximum atomic E-state index is 6.55. The van der Waals surface area contributed by atoms with Crippen molar-refractivity contribution in [1.82, 2.24) is 14.8 Å². The fourth-order valence-electron chi connectivity index (χ4n) is 3.33. The number of ether oxygens (including phenoxy) is 1. The lowest BCUT2D eigenvalue weighted by atomic mass is 9.84. The molecule has 2 rings (SSSR count). The first-order valence-electron chi connectivity index (χ1n) is 7.98. The lowest BCUT2D eigenvalue weighted by Gasteiger charge is -2.38. The summed E-state index contributed by atoms with van der Waals surface area (Å²) in [5.41, 5.74) is 6.38. The van der Waals surface area contributed by atoms with Crippen LogP contribution in [0.4, 0.5) is 0 Å². The highest BCUT2D eigenvalue weighted by molar-refractivity contribution is 4.99. The Bertz CT molecular complexity index is 396. The molecule has 0 spiro atoms. The van der Waals surface area contributed by atoms with Crippen molar-refractivity contribution in [2.75, 3.05) is 6.61 Å². The minimum Gasteiger partial charge on any atom is -0.374 e. The van der Waals surface area contributed by atoms with Gasteiger partial charge in [-0.3, -0.25) is 4.68 Å². The van der Waals surface area contributed by atoms with Crippen molar-refractivity contribution in [1.29, 1.82) is 0 Å². The molecule has 1 atom stereocenters. The van der Waals surface area contributed by atoms with Gasteiger partial charge in [0.15, 0.2) is 0 Å². The van der Waals surface area contributed by atoms with Gasteiger partial charge in [0, 0.05) is 25.6 Å². The van der Waals surface area contributed by atoms with Gasteiger partial charge < -0.3 is 10.5 Å². The van der Waals surface area contributed by atoms with E-state index in [1.807, 2.05) is 4.68 Å². The van der Waals surface area contributed by atoms with Gasteiger partial charge in [0.25, 0.3) is 0 Å². The summed E-state index contributed by atoms with van der Waals surface area (Å²) in [5, 5.41) is 4.23. The number of hydrogen-bond acceptors (Lipinski definition) is 4. The van der Waals surface area contributed by atoms with Crippen LogP contribution in [0.3, 0.4) is 0 Å². The fourth-order valence-corrected chi connectivity index (χ4v) is 3.33. The highest BCUT2D eigenvalue weighted by Crippen LogP contribution is 2.33. The summed E-state index contributed by atoms with van der Waals surface area (Å²) < 4.78 is 8.08. The zero-order valence-electron chi connectivity index (χ0n) is 12.8. The Labute approximate surface area is 121 Å². The third kappa shape index (κ3) is 3.38. The molecule has 0 aromatic carbocycles. The smallest absolute Gasteiger partial charge is 0.138 e. The van der Waals surface area contributed by atoms with Crippen molar-refractivity contribution in [3.63, 3.8) is 0 Å². The largest absolute Gasteiger partial charge is 0.374 e. The summed E-state index contributed by atoms with van der Waals surface area (Å²) in [6.07, 6.45) is 9.53. The van der Waals surface area contributed by atoms with E-state index in [1.165, 1.54) is 25.7 Å². The number of rotatable bonds is 6. The lowest BCUT2D eigenvalue weighted by molar-refractivity contribution is -0.0688. The van der Waals surface area contributed by atoms with Crippen LogP contribution in [-0.2, 0) is 17.7 Å². The Balaban J connectivity index is 2.11. The Hall–Kier alpha value is -0.940. The van der Waals surface area contributed by atoms with E-state index in [2.05, 4.69) is 23.9 Å². The van der Waals surface area contributed by atoms with Crippen LogP contribution in [0.5, 0.6) is 0 Å². The first-order chi connectivity index (χ1) is 9.72. The van der Waals surface area contributed by atoms with E-state index in [9.17, 15) is 0 Å². The molecule has 20 heavy (non-hydrogen) atoms. The van der Waals surface area contributed by atoms with Gasteiger partial charge in [-0.2, -0.15) is 5.10 Å². The van der Waals surface area contributed by atoms with Crippen molar-refractivity contribution in [3.8, 4) is 0 Å². The lowest BCUT2D eigenvalue weighted by Crippen LogP contribution is -2.51. The van der Waals surface area contributed by atoms with E-state index in [1.54, 1.807) is 6.33 Å². The maximum absolute atomic E-state index is 6.55. The average molecular weight is 280 g/mol. The molecular weight excluding hydrogens is 252 g/mol. The molecule has 5 heteroatoms. The third-order valence-corrected chi connectivity index (χ3v) is 4.46. The predicted molar refractivity (Wildman–Crippen MR) is 79.4 cm³/mol. The highest BCUT2D eigenvalue weighted by Gasteiger charge is 2.38. The molecule has 5 nitrogen and oxygen atoms in total. The Morgan fingerprint density at radius 1 is 1.30 bits per heavy atom. The number of nitrogens with zero attached hydrogens (tertiary/aromatic N) is 3. The quantitative estimate of drug-likeness (QED) is 0.812. The summed E-state index contributed by atoms with van der Waals surface area (Å²) in [7, 11) is 0. The second kappa shape index (κ2) is 7.18. The summed E-state index contributed by atoms with van der Waals surface area (Å²) in [4.78, 5) is 4.35. The van der Waals surface area contributed by atoms with Crippen LogP contribution in [0.2, 0.25) is 0 Å². The molecule has 0 radical (unpaired) electrons. The Kier molecular flexibility index (Phi) is 5.54. The summed E-state index contributed by atoms with van der Waals surface area (Å²) in [6, 6.07) is -0.00458. The second-order valence-electron chi connectivity index (χ2n) is 5.71. The molecule has 114 valence electrons. The first kappa shape index (κ1) is 15.4. The monoisotopic (exact) mass is 280 g/mol. The average Bonchev–Trinajstić information content (AvgIpc) is 2.75. The van der Waals surface area contributed by atoms with E-state index in [0.29, 0.717) is 0 Å².